The van der Waals surface area contributed by atoms with E-state index < -0.39 is 0 Å². The number of thioether (sulfide) groups is 1. The molecule has 0 aliphatic carbocycles. The maximum absolute atomic E-state index is 5.63. The van der Waals surface area contributed by atoms with Gasteiger partial charge in [0.2, 0.25) is 0 Å². The fourth-order valence-corrected chi connectivity index (χ4v) is 2.76. The second-order valence-electron chi connectivity index (χ2n) is 4.68. The molecule has 0 aliphatic rings. The predicted molar refractivity (Wildman–Crippen MR) is 79.6 cm³/mol. The largest absolute Gasteiger partial charge is 0.410 e. The van der Waals surface area contributed by atoms with Gasteiger partial charge in [0.15, 0.2) is 0 Å². The number of nitrogens with zero attached hydrogens (tertiary/aromatic N) is 2. The van der Waals surface area contributed by atoms with E-state index >= 15 is 0 Å². The van der Waals surface area contributed by atoms with Crippen molar-refractivity contribution >= 4 is 11.8 Å². The molecular formula is C15H15N3OS. The average Bonchev–Trinajstić information content (AvgIpc) is 3.09. The third-order valence-corrected chi connectivity index (χ3v) is 3.96. The average molecular weight is 285 g/mol. The number of H-pyrrole nitrogens is 1. The van der Waals surface area contributed by atoms with E-state index in [4.69, 9.17) is 4.42 Å². The lowest BCUT2D eigenvalue weighted by Crippen LogP contribution is -1.87. The van der Waals surface area contributed by atoms with Crippen LogP contribution in [-0.4, -0.2) is 15.2 Å². The van der Waals surface area contributed by atoms with Gasteiger partial charge in [-0.1, -0.05) is 35.5 Å². The summed E-state index contributed by atoms with van der Waals surface area (Å²) in [6, 6.07) is 10.3. The maximum atomic E-state index is 5.63. The topological polar surface area (TPSA) is 54.7 Å². The minimum Gasteiger partial charge on any atom is -0.410 e. The molecule has 3 rings (SSSR count). The van der Waals surface area contributed by atoms with Gasteiger partial charge in [0.05, 0.1) is 0 Å². The fraction of sp³-hybridized carbons (Fsp3) is 0.200. The maximum Gasteiger partial charge on any atom is 0.277 e. The van der Waals surface area contributed by atoms with Gasteiger partial charge in [-0.15, -0.1) is 10.2 Å². The number of hydrogen-bond acceptors (Lipinski definition) is 4. The van der Waals surface area contributed by atoms with E-state index in [0.29, 0.717) is 11.1 Å². The standard InChI is InChI=1S/C15H15N3OS/c1-10-5-6-11(2)12(8-10)9-20-15-18-17-14(19-15)13-4-3-7-16-13/h3-8,16H,9H2,1-2H3. The Bertz CT molecular complexity index is 704. The van der Waals surface area contributed by atoms with Crippen molar-refractivity contribution < 1.29 is 4.42 Å². The van der Waals surface area contributed by atoms with Crippen LogP contribution < -0.4 is 0 Å². The van der Waals surface area contributed by atoms with Crippen LogP contribution in [0.2, 0.25) is 0 Å². The van der Waals surface area contributed by atoms with Gasteiger partial charge < -0.3 is 9.40 Å². The van der Waals surface area contributed by atoms with E-state index in [-0.39, 0.29) is 0 Å². The van der Waals surface area contributed by atoms with E-state index in [2.05, 4.69) is 47.2 Å². The number of aromatic nitrogens is 3. The van der Waals surface area contributed by atoms with Crippen LogP contribution in [0.1, 0.15) is 16.7 Å². The highest BCUT2D eigenvalue weighted by molar-refractivity contribution is 7.98. The highest BCUT2D eigenvalue weighted by Gasteiger charge is 2.10. The summed E-state index contributed by atoms with van der Waals surface area (Å²) in [6.45, 7) is 4.22. The van der Waals surface area contributed by atoms with E-state index in [1.54, 1.807) is 11.8 Å². The van der Waals surface area contributed by atoms with Crippen LogP contribution in [0.25, 0.3) is 11.6 Å². The molecule has 0 fully saturated rings. The molecule has 1 aromatic carbocycles. The molecule has 0 amide bonds. The van der Waals surface area contributed by atoms with Crippen molar-refractivity contribution in [2.45, 2.75) is 24.8 Å². The molecule has 2 heterocycles. The van der Waals surface area contributed by atoms with Gasteiger partial charge in [0.25, 0.3) is 11.1 Å². The third-order valence-electron chi connectivity index (χ3n) is 3.09. The number of benzene rings is 1. The Morgan fingerprint density at radius 2 is 2.10 bits per heavy atom. The zero-order valence-electron chi connectivity index (χ0n) is 11.4. The molecule has 1 N–H and O–H groups in total. The number of rotatable bonds is 4. The molecule has 0 saturated carbocycles. The van der Waals surface area contributed by atoms with Gasteiger partial charge >= 0.3 is 0 Å². The van der Waals surface area contributed by atoms with Gasteiger partial charge in [-0.3, -0.25) is 0 Å². The van der Waals surface area contributed by atoms with Gasteiger partial charge in [0, 0.05) is 11.9 Å². The quantitative estimate of drug-likeness (QED) is 0.737. The monoisotopic (exact) mass is 285 g/mol. The molecular weight excluding hydrogens is 270 g/mol. The Kier molecular flexibility index (Phi) is 3.60. The molecule has 20 heavy (non-hydrogen) atoms. The molecule has 3 aromatic rings. The molecule has 5 heteroatoms. The minimum atomic E-state index is 0.526. The molecule has 0 radical (unpaired) electrons. The first kappa shape index (κ1) is 13.0. The van der Waals surface area contributed by atoms with Gasteiger partial charge in [-0.2, -0.15) is 0 Å². The first-order valence-corrected chi connectivity index (χ1v) is 7.37. The van der Waals surface area contributed by atoms with Gasteiger partial charge in [0.1, 0.15) is 5.69 Å². The highest BCUT2D eigenvalue weighted by atomic mass is 32.2. The van der Waals surface area contributed by atoms with Crippen LogP contribution in [0.4, 0.5) is 0 Å². The Balaban J connectivity index is 1.71. The summed E-state index contributed by atoms with van der Waals surface area (Å²) in [7, 11) is 0. The molecule has 0 aliphatic heterocycles. The first-order chi connectivity index (χ1) is 9.72. The zero-order chi connectivity index (χ0) is 13.9. The second kappa shape index (κ2) is 5.54. The van der Waals surface area contributed by atoms with E-state index in [9.17, 15) is 0 Å². The van der Waals surface area contributed by atoms with E-state index in [1.165, 1.54) is 16.7 Å². The van der Waals surface area contributed by atoms with Crippen LogP contribution in [0.15, 0.2) is 46.2 Å². The van der Waals surface area contributed by atoms with Crippen molar-refractivity contribution in [3.63, 3.8) is 0 Å². The summed E-state index contributed by atoms with van der Waals surface area (Å²) in [5.74, 6) is 1.36. The Morgan fingerprint density at radius 1 is 1.20 bits per heavy atom. The lowest BCUT2D eigenvalue weighted by Gasteiger charge is -2.04. The number of nitrogens with one attached hydrogen (secondary N) is 1. The fourth-order valence-electron chi connectivity index (χ4n) is 1.94. The lowest BCUT2D eigenvalue weighted by molar-refractivity contribution is 0.464. The molecule has 0 atom stereocenters. The molecule has 0 bridgehead atoms. The summed E-state index contributed by atoms with van der Waals surface area (Å²) >= 11 is 1.56. The van der Waals surface area contributed by atoms with Crippen molar-refractivity contribution in [1.82, 2.24) is 15.2 Å². The van der Waals surface area contributed by atoms with Gasteiger partial charge in [-0.25, -0.2) is 0 Å². The molecule has 0 saturated heterocycles. The third kappa shape index (κ3) is 2.77. The molecule has 102 valence electrons. The van der Waals surface area contributed by atoms with E-state index in [1.807, 2.05) is 18.3 Å². The van der Waals surface area contributed by atoms with Crippen molar-refractivity contribution in [3.05, 3.63) is 53.2 Å². The minimum absolute atomic E-state index is 0.526. The molecule has 2 aromatic heterocycles. The van der Waals surface area contributed by atoms with Crippen LogP contribution in [0.5, 0.6) is 0 Å². The van der Waals surface area contributed by atoms with Crippen LogP contribution in [0, 0.1) is 13.8 Å². The smallest absolute Gasteiger partial charge is 0.277 e. The van der Waals surface area contributed by atoms with Crippen molar-refractivity contribution in [3.8, 4) is 11.6 Å². The van der Waals surface area contributed by atoms with Crippen LogP contribution in [-0.2, 0) is 5.75 Å². The Labute approximate surface area is 121 Å². The molecule has 4 nitrogen and oxygen atoms in total. The lowest BCUT2D eigenvalue weighted by atomic mass is 10.1. The predicted octanol–water partition coefficient (Wildman–Crippen LogP) is 3.97. The molecule has 0 unspecified atom stereocenters. The zero-order valence-corrected chi connectivity index (χ0v) is 12.2. The summed E-state index contributed by atoms with van der Waals surface area (Å²) in [4.78, 5) is 3.05. The van der Waals surface area contributed by atoms with Crippen molar-refractivity contribution in [2.24, 2.45) is 0 Å². The number of aromatic amines is 1. The highest BCUT2D eigenvalue weighted by Crippen LogP contribution is 2.26. The summed E-state index contributed by atoms with van der Waals surface area (Å²) in [5.41, 5.74) is 4.70. The van der Waals surface area contributed by atoms with Crippen LogP contribution in [0.3, 0.4) is 0 Å². The normalized spacial score (nSPS) is 10.9. The number of aryl methyl sites for hydroxylation is 2. The van der Waals surface area contributed by atoms with Crippen LogP contribution >= 0.6 is 11.8 Å². The Hall–Kier alpha value is -2.01. The SMILES string of the molecule is Cc1ccc(C)c(CSc2nnc(-c3ccc[nH]3)o2)c1. The summed E-state index contributed by atoms with van der Waals surface area (Å²) in [6.07, 6.45) is 1.84. The first-order valence-electron chi connectivity index (χ1n) is 6.38. The van der Waals surface area contributed by atoms with Crippen molar-refractivity contribution in [1.29, 1.82) is 0 Å². The molecule has 0 spiro atoms. The second-order valence-corrected chi connectivity index (χ2v) is 5.60. The van der Waals surface area contributed by atoms with Crippen molar-refractivity contribution in [2.75, 3.05) is 0 Å². The van der Waals surface area contributed by atoms with E-state index in [0.717, 1.165) is 11.4 Å². The Morgan fingerprint density at radius 3 is 2.90 bits per heavy atom. The summed E-state index contributed by atoms with van der Waals surface area (Å²) in [5, 5.41) is 8.70. The van der Waals surface area contributed by atoms with Gasteiger partial charge in [-0.05, 0) is 37.1 Å². The summed E-state index contributed by atoms with van der Waals surface area (Å²) < 4.78 is 5.63. The number of hydrogen-bond donors (Lipinski definition) is 1.